The summed E-state index contributed by atoms with van der Waals surface area (Å²) in [5.41, 5.74) is -6.96. The lowest BCUT2D eigenvalue weighted by molar-refractivity contribution is -0.270. The van der Waals surface area contributed by atoms with Gasteiger partial charge in [-0.05, 0) is 64.4 Å². The molecule has 10 nitrogen and oxygen atoms in total. The number of aliphatic hydroxyl groups is 2. The first-order chi connectivity index (χ1) is 20.9. The Balaban J connectivity index is 1.79. The number of aliphatic hydroxyl groups excluding tert-OH is 1. The van der Waals surface area contributed by atoms with Crippen LogP contribution in [0.5, 0.6) is 11.6 Å². The van der Waals surface area contributed by atoms with Gasteiger partial charge in [0.2, 0.25) is 5.60 Å². The third kappa shape index (κ3) is 7.11. The van der Waals surface area contributed by atoms with E-state index in [1.54, 1.807) is 27.7 Å². The second-order valence-electron chi connectivity index (χ2n) is 11.8. The van der Waals surface area contributed by atoms with E-state index in [-0.39, 0.29) is 48.3 Å². The molecule has 0 bridgehead atoms. The van der Waals surface area contributed by atoms with Crippen LogP contribution < -0.4 is 19.6 Å². The Bertz CT molecular complexity index is 1660. The molecule has 4 rings (SSSR count). The number of fused-ring (bicyclic) bond motifs is 1. The average molecular weight is 656 g/mol. The van der Waals surface area contributed by atoms with Crippen LogP contribution in [-0.2, 0) is 22.1 Å². The van der Waals surface area contributed by atoms with Crippen molar-refractivity contribution < 1.29 is 46.3 Å². The maximum Gasteiger partial charge on any atom is 0.422 e. The highest BCUT2D eigenvalue weighted by Gasteiger charge is 2.57. The number of H-pyrrole nitrogens is 1. The number of carbonyl (C=O) groups excluding carboxylic acids is 1. The lowest BCUT2D eigenvalue weighted by atomic mass is 9.86. The molecule has 4 N–H and O–H groups in total. The number of benzene rings is 1. The van der Waals surface area contributed by atoms with Crippen molar-refractivity contribution in [3.63, 3.8) is 0 Å². The van der Waals surface area contributed by atoms with Gasteiger partial charge in [0.1, 0.15) is 24.7 Å². The van der Waals surface area contributed by atoms with Crippen molar-refractivity contribution in [1.82, 2.24) is 14.7 Å². The van der Waals surface area contributed by atoms with Crippen LogP contribution >= 0.6 is 0 Å². The summed E-state index contributed by atoms with van der Waals surface area (Å²) >= 11 is 0. The molecule has 15 heteroatoms. The molecule has 0 amide bonds. The molecule has 1 aromatic carbocycles. The first kappa shape index (κ1) is 34.2. The van der Waals surface area contributed by atoms with Crippen LogP contribution in [0.25, 0.3) is 11.3 Å². The molecule has 1 aliphatic rings. The minimum atomic E-state index is -5.35. The van der Waals surface area contributed by atoms with E-state index in [0.29, 0.717) is 0 Å². The molecule has 0 aliphatic carbocycles. The number of pyridine rings is 2. The van der Waals surface area contributed by atoms with E-state index in [2.05, 4.69) is 14.7 Å². The van der Waals surface area contributed by atoms with Gasteiger partial charge in [0.25, 0.3) is 0 Å². The predicted octanol–water partition coefficient (Wildman–Crippen LogP) is 4.02. The lowest BCUT2D eigenvalue weighted by Crippen LogP contribution is -2.47. The molecule has 244 valence electrons. The molecular formula is C30H33F4N3O7S. The van der Waals surface area contributed by atoms with Gasteiger partial charge >= 0.3 is 6.18 Å². The maximum absolute atomic E-state index is 14.7. The molecule has 1 aliphatic heterocycles. The Morgan fingerprint density at radius 3 is 2.44 bits per heavy atom. The minimum Gasteiger partial charge on any atom is -0.489 e. The molecular weight excluding hydrogens is 622 g/mol. The van der Waals surface area contributed by atoms with Crippen LogP contribution in [0, 0.1) is 5.82 Å². The number of hydrogen-bond donors (Lipinski definition) is 4. The van der Waals surface area contributed by atoms with Crippen molar-refractivity contribution in [1.29, 1.82) is 0 Å². The Hall–Kier alpha value is -3.66. The largest absolute Gasteiger partial charge is 0.489 e. The molecule has 0 saturated carbocycles. The Labute approximate surface area is 258 Å². The molecule has 3 unspecified atom stereocenters. The third-order valence-electron chi connectivity index (χ3n) is 7.21. The molecule has 0 spiro atoms. The van der Waals surface area contributed by atoms with E-state index in [4.69, 9.17) is 14.6 Å². The summed E-state index contributed by atoms with van der Waals surface area (Å²) in [4.78, 5) is 32.1. The fraction of sp³-hybridized carbons (Fsp3) is 0.433. The van der Waals surface area contributed by atoms with Crippen LogP contribution in [0.2, 0.25) is 0 Å². The number of aromatic amines is 1. The number of hydrogen-bond acceptors (Lipinski definition) is 8. The number of Topliss-reactive ketones (excluding diaryl/α,β-unsaturated/α-hetero) is 1. The number of alkyl halides is 3. The zero-order valence-electron chi connectivity index (χ0n) is 24.9. The van der Waals surface area contributed by atoms with Gasteiger partial charge < -0.3 is 24.7 Å². The fourth-order valence-electron chi connectivity index (χ4n) is 4.59. The zero-order chi connectivity index (χ0) is 33.4. The number of ether oxygens (including phenoxy) is 2. The van der Waals surface area contributed by atoms with Gasteiger partial charge in [0.15, 0.2) is 22.8 Å². The van der Waals surface area contributed by atoms with E-state index in [0.717, 1.165) is 30.5 Å². The monoisotopic (exact) mass is 655 g/mol. The predicted molar refractivity (Wildman–Crippen MR) is 157 cm³/mol. The number of ketones is 1. The zero-order valence-corrected chi connectivity index (χ0v) is 25.7. The molecule has 3 aromatic rings. The van der Waals surface area contributed by atoms with Crippen LogP contribution in [-0.4, -0.2) is 60.9 Å². The van der Waals surface area contributed by atoms with Crippen molar-refractivity contribution >= 4 is 16.8 Å². The van der Waals surface area contributed by atoms with Gasteiger partial charge in [0, 0.05) is 29.8 Å². The quantitative estimate of drug-likeness (QED) is 0.179. The van der Waals surface area contributed by atoms with Crippen LogP contribution in [0.15, 0.2) is 47.4 Å². The second kappa shape index (κ2) is 12.6. The number of nitrogens with one attached hydrogen (secondary N) is 2. The molecule has 2 aromatic heterocycles. The third-order valence-corrected chi connectivity index (χ3v) is 8.95. The Morgan fingerprint density at radius 2 is 1.87 bits per heavy atom. The summed E-state index contributed by atoms with van der Waals surface area (Å²) in [5, 5.41) is 20.2. The van der Waals surface area contributed by atoms with Gasteiger partial charge in [-0.15, -0.1) is 0 Å². The van der Waals surface area contributed by atoms with Crippen molar-refractivity contribution in [3.05, 3.63) is 75.5 Å². The standard InChI is InChI=1S/C30H33F4N3O7S/c1-27(2,3)45(42)37-28(4)16-44-26-20(28)13-23(36-25(26)17-5-7-18(31)8-6-17)29(41,30(32,33)34)10-9-21(39)19-15-35-24(14-22(19)40)43-12-11-38/h5-8,13-15,37-38,41H,9-12,16H2,1-4H3,(H,35,40). The Morgan fingerprint density at radius 1 is 1.20 bits per heavy atom. The normalized spacial score (nSPS) is 18.5. The van der Waals surface area contributed by atoms with Gasteiger partial charge in [0.05, 0.1) is 39.1 Å². The van der Waals surface area contributed by atoms with Crippen molar-refractivity contribution in [2.75, 3.05) is 19.8 Å². The fourth-order valence-corrected chi connectivity index (χ4v) is 5.48. The van der Waals surface area contributed by atoms with E-state index in [1.807, 2.05) is 0 Å². The van der Waals surface area contributed by atoms with Crippen molar-refractivity contribution in [3.8, 4) is 22.9 Å². The molecule has 0 saturated heterocycles. The first-order valence-electron chi connectivity index (χ1n) is 13.8. The van der Waals surface area contributed by atoms with Crippen LogP contribution in [0.3, 0.4) is 0 Å². The Kier molecular flexibility index (Phi) is 9.59. The van der Waals surface area contributed by atoms with Crippen LogP contribution in [0.4, 0.5) is 17.6 Å². The molecule has 3 heterocycles. The number of rotatable bonds is 11. The van der Waals surface area contributed by atoms with E-state index in [9.17, 15) is 36.5 Å². The number of carbonyl (C=O) groups is 1. The molecule has 0 radical (unpaired) electrons. The number of halogens is 4. The van der Waals surface area contributed by atoms with Gasteiger partial charge in [-0.3, -0.25) is 9.59 Å². The van der Waals surface area contributed by atoms with Crippen LogP contribution in [0.1, 0.15) is 62.2 Å². The summed E-state index contributed by atoms with van der Waals surface area (Å²) in [7, 11) is -1.69. The average Bonchev–Trinajstić information content (AvgIpc) is 3.29. The van der Waals surface area contributed by atoms with Crippen molar-refractivity contribution in [2.24, 2.45) is 0 Å². The van der Waals surface area contributed by atoms with E-state index in [1.165, 1.54) is 12.1 Å². The highest BCUT2D eigenvalue weighted by Crippen LogP contribution is 2.48. The summed E-state index contributed by atoms with van der Waals surface area (Å²) in [6, 6.07) is 6.67. The molecule has 3 atom stereocenters. The summed E-state index contributed by atoms with van der Waals surface area (Å²) in [6.45, 7) is 6.08. The summed E-state index contributed by atoms with van der Waals surface area (Å²) < 4.78 is 84.1. The van der Waals surface area contributed by atoms with E-state index >= 15 is 0 Å². The number of nitrogens with zero attached hydrogens (tertiary/aromatic N) is 1. The smallest absolute Gasteiger partial charge is 0.422 e. The van der Waals surface area contributed by atoms with Gasteiger partial charge in [-0.1, -0.05) is 0 Å². The first-order valence-corrected chi connectivity index (χ1v) is 15.0. The summed E-state index contributed by atoms with van der Waals surface area (Å²) in [5.74, 6) is -1.59. The topological polar surface area (TPSA) is 151 Å². The SMILES string of the molecule is CC1(NS(=O)C(C)(C)C)COc2c1cc(C(O)(CCC(=O)c1c[nH]c(OCCO)cc1=O)C(F)(F)F)nc2-c1ccc(F)cc1. The van der Waals surface area contributed by atoms with E-state index < -0.39 is 74.2 Å². The molecule has 45 heavy (non-hydrogen) atoms. The minimum absolute atomic E-state index is 0.0562. The maximum atomic E-state index is 14.7. The second-order valence-corrected chi connectivity index (χ2v) is 13.7. The van der Waals surface area contributed by atoms with Crippen molar-refractivity contribution in [2.45, 2.75) is 62.6 Å². The lowest BCUT2D eigenvalue weighted by Gasteiger charge is -2.32. The van der Waals surface area contributed by atoms with Gasteiger partial charge in [-0.2, -0.15) is 13.2 Å². The summed E-state index contributed by atoms with van der Waals surface area (Å²) in [6.07, 6.45) is -6.47. The highest BCUT2D eigenvalue weighted by atomic mass is 32.2. The van der Waals surface area contributed by atoms with Gasteiger partial charge in [-0.25, -0.2) is 18.3 Å². The molecule has 0 fully saturated rings. The number of aromatic nitrogens is 2. The highest BCUT2D eigenvalue weighted by molar-refractivity contribution is 7.84.